The molecule has 0 atom stereocenters. The molecule has 4 aromatic rings. The number of carboxylic acids is 6. The molecule has 4 heterocycles. The number of rotatable bonds is 11. The number of nitrogens with two attached hydrogens (primary N) is 1. The number of aromatic nitrogens is 6. The van der Waals surface area contributed by atoms with Crippen LogP contribution in [0, 0.1) is 0 Å². The number of nitrogens with zero attached hydrogens (tertiary/aromatic N) is 8. The quantitative estimate of drug-likeness (QED) is 0.107. The normalized spacial score (nSPS) is 16.8. The molecule has 6 rings (SSSR count). The van der Waals surface area contributed by atoms with Crippen molar-refractivity contribution in [3.05, 3.63) is 85.5 Å². The maximum Gasteiger partial charge on any atom is 0.328 e. The summed E-state index contributed by atoms with van der Waals surface area (Å²) in [6.45, 7) is 4.65. The lowest BCUT2D eigenvalue weighted by Crippen LogP contribution is -2.49. The van der Waals surface area contributed by atoms with Gasteiger partial charge in [-0.2, -0.15) is 5.10 Å². The highest BCUT2D eigenvalue weighted by Gasteiger charge is 2.30. The Balaban J connectivity index is 0.000000327. The summed E-state index contributed by atoms with van der Waals surface area (Å²) in [5.41, 5.74) is 8.88. The number of aliphatic carboxylic acids is 6. The van der Waals surface area contributed by atoms with E-state index in [0.29, 0.717) is 66.1 Å². The summed E-state index contributed by atoms with van der Waals surface area (Å²) in [5.74, 6) is -6.44. The zero-order chi connectivity index (χ0) is 44.2. The van der Waals surface area contributed by atoms with Gasteiger partial charge in [0.1, 0.15) is 23.6 Å². The summed E-state index contributed by atoms with van der Waals surface area (Å²) in [5, 5.41) is 52.7. The summed E-state index contributed by atoms with van der Waals surface area (Å²) in [4.78, 5) is 79.5. The Hall–Kier alpha value is -7.59. The monoisotopic (exact) mass is 833 g/mol. The van der Waals surface area contributed by atoms with Gasteiger partial charge in [0, 0.05) is 86.6 Å². The van der Waals surface area contributed by atoms with Gasteiger partial charge in [0.05, 0.1) is 11.4 Å². The van der Waals surface area contributed by atoms with Crippen LogP contribution in [0.5, 0.6) is 11.8 Å². The minimum Gasteiger partial charge on any atom is -0.478 e. The molecule has 22 nitrogen and oxygen atoms in total. The smallest absolute Gasteiger partial charge is 0.328 e. The number of anilines is 1. The molecule has 0 spiro atoms. The van der Waals surface area contributed by atoms with E-state index in [-0.39, 0.29) is 0 Å². The number of piperazine rings is 1. The summed E-state index contributed by atoms with van der Waals surface area (Å²) in [7, 11) is 2.21. The first-order valence-corrected chi connectivity index (χ1v) is 17.9. The Morgan fingerprint density at radius 2 is 1.10 bits per heavy atom. The largest absolute Gasteiger partial charge is 0.478 e. The average molecular weight is 834 g/mol. The molecule has 22 heteroatoms. The van der Waals surface area contributed by atoms with Crippen LogP contribution in [-0.4, -0.2) is 145 Å². The number of hydrogen-bond donors (Lipinski definition) is 7. The molecule has 60 heavy (non-hydrogen) atoms. The van der Waals surface area contributed by atoms with Crippen LogP contribution >= 0.6 is 0 Å². The summed E-state index contributed by atoms with van der Waals surface area (Å²) >= 11 is 0. The minimum atomic E-state index is -1.26. The van der Waals surface area contributed by atoms with E-state index < -0.39 is 35.8 Å². The number of ether oxygens (including phenoxy) is 1. The lowest BCUT2D eigenvalue weighted by molar-refractivity contribution is -0.134. The van der Waals surface area contributed by atoms with Crippen molar-refractivity contribution >= 4 is 52.7 Å². The fourth-order valence-electron chi connectivity index (χ4n) is 5.86. The van der Waals surface area contributed by atoms with E-state index in [1.165, 1.54) is 32.3 Å². The third-order valence-corrected chi connectivity index (χ3v) is 8.57. The number of carboxylic acid groups (broad SMARTS) is 6. The van der Waals surface area contributed by atoms with E-state index in [4.69, 9.17) is 46.2 Å². The molecule has 1 saturated carbocycles. The number of hydrogen-bond acceptors (Lipinski definition) is 15. The summed E-state index contributed by atoms with van der Waals surface area (Å²) in [6.07, 6.45) is 12.7. The average Bonchev–Trinajstić information content (AvgIpc) is 3.61. The first-order valence-electron chi connectivity index (χ1n) is 17.9. The molecule has 0 amide bonds. The molecule has 2 aliphatic rings. The topological polar surface area (TPSA) is 335 Å². The lowest BCUT2D eigenvalue weighted by Gasteiger charge is -2.41. The highest BCUT2D eigenvalue weighted by atomic mass is 16.5. The van der Waals surface area contributed by atoms with Gasteiger partial charge in [-0.1, -0.05) is 0 Å². The summed E-state index contributed by atoms with van der Waals surface area (Å²) < 4.78 is 7.83. The second-order valence-corrected chi connectivity index (χ2v) is 12.7. The molecule has 0 unspecified atom stereocenters. The Labute approximate surface area is 341 Å². The van der Waals surface area contributed by atoms with Crippen LogP contribution < -0.4 is 10.5 Å². The van der Waals surface area contributed by atoms with Gasteiger partial charge in [0.25, 0.3) is 0 Å². The molecule has 1 aromatic carbocycles. The van der Waals surface area contributed by atoms with Crippen molar-refractivity contribution in [1.82, 2.24) is 39.5 Å². The molecule has 0 bridgehead atoms. The molecule has 1 saturated heterocycles. The number of fused-ring (bicyclic) bond motifs is 1. The highest BCUT2D eigenvalue weighted by molar-refractivity contribution is 5.98. The van der Waals surface area contributed by atoms with E-state index in [9.17, 15) is 28.8 Å². The van der Waals surface area contributed by atoms with Gasteiger partial charge in [0.15, 0.2) is 5.65 Å². The molecule has 1 aliphatic carbocycles. The van der Waals surface area contributed by atoms with Crippen LogP contribution in [-0.2, 0) is 28.8 Å². The Bertz CT molecular complexity index is 2050. The first kappa shape index (κ1) is 46.8. The third kappa shape index (κ3) is 16.1. The maximum absolute atomic E-state index is 9.55. The molecular formula is C38H43N9O13. The van der Waals surface area contributed by atoms with Gasteiger partial charge in [-0.3, -0.25) is 4.90 Å². The lowest BCUT2D eigenvalue weighted by atomic mass is 9.90. The Morgan fingerprint density at radius 3 is 1.55 bits per heavy atom. The molecule has 8 N–H and O–H groups in total. The zero-order valence-corrected chi connectivity index (χ0v) is 32.1. The van der Waals surface area contributed by atoms with Crippen molar-refractivity contribution < 1.29 is 64.1 Å². The van der Waals surface area contributed by atoms with Gasteiger partial charge in [0.2, 0.25) is 0 Å². The fraction of sp³-hybridized carbons (Fsp3) is 0.289. The third-order valence-electron chi connectivity index (χ3n) is 8.57. The van der Waals surface area contributed by atoms with Crippen LogP contribution in [0.2, 0.25) is 0 Å². The molecule has 318 valence electrons. The van der Waals surface area contributed by atoms with Gasteiger partial charge < -0.3 is 46.0 Å². The standard InChI is InChI=1S/C26H31N9O.3C4H4O4/c1-33-13-15-34(16-14-33)19-5-7-20(8-6-19)35-25-22(24(27)30-17-31-25)23(32-35)18-3-9-21(10-4-18)36-26-28-11-2-12-29-26;3*5-3(6)1-2-4(7)8/h2-4,9-12,17,19-20H,5-8,13-16H2,1H3,(H2,27,30,31);3*1-2H,(H,5,6)(H,7,8). The van der Waals surface area contributed by atoms with E-state index in [1.54, 1.807) is 18.5 Å². The predicted molar refractivity (Wildman–Crippen MR) is 211 cm³/mol. The van der Waals surface area contributed by atoms with Crippen molar-refractivity contribution in [2.75, 3.05) is 39.0 Å². The van der Waals surface area contributed by atoms with Crippen molar-refractivity contribution in [2.24, 2.45) is 0 Å². The van der Waals surface area contributed by atoms with E-state index in [0.717, 1.165) is 48.2 Å². The second kappa shape index (κ2) is 23.6. The van der Waals surface area contributed by atoms with E-state index in [1.807, 2.05) is 24.3 Å². The molecular weight excluding hydrogens is 790 g/mol. The van der Waals surface area contributed by atoms with Gasteiger partial charge in [-0.15, -0.1) is 0 Å². The van der Waals surface area contributed by atoms with Crippen molar-refractivity contribution in [2.45, 2.75) is 37.8 Å². The van der Waals surface area contributed by atoms with Gasteiger partial charge in [-0.25, -0.2) is 53.4 Å². The molecule has 0 radical (unpaired) electrons. The van der Waals surface area contributed by atoms with Crippen LogP contribution in [0.4, 0.5) is 5.82 Å². The Morgan fingerprint density at radius 1 is 0.650 bits per heavy atom. The predicted octanol–water partition coefficient (Wildman–Crippen LogP) is 2.52. The van der Waals surface area contributed by atoms with Crippen LogP contribution in [0.25, 0.3) is 22.3 Å². The van der Waals surface area contributed by atoms with Gasteiger partial charge >= 0.3 is 41.8 Å². The maximum atomic E-state index is 9.55. The van der Waals surface area contributed by atoms with E-state index >= 15 is 0 Å². The minimum absolute atomic E-state index is 0.303. The van der Waals surface area contributed by atoms with Crippen molar-refractivity contribution in [1.29, 1.82) is 0 Å². The molecule has 1 aliphatic heterocycles. The number of nitrogen functional groups attached to an aromatic ring is 1. The van der Waals surface area contributed by atoms with Crippen molar-refractivity contribution in [3.8, 4) is 23.0 Å². The van der Waals surface area contributed by atoms with Crippen LogP contribution in [0.3, 0.4) is 0 Å². The van der Waals surface area contributed by atoms with Crippen LogP contribution in [0.15, 0.2) is 85.5 Å². The Kier molecular flexibility index (Phi) is 18.4. The summed E-state index contributed by atoms with van der Waals surface area (Å²) in [6, 6.07) is 10.7. The SMILES string of the molecule is CN1CCN(C2CCC(n3nc(-c4ccc(Oc5ncccn5)cc4)c4c(N)ncnc43)CC2)CC1.O=C(O)C=CC(=O)O.O=C(O)C=CC(=O)O.O=C(O)C=CC(=O)O. The number of likely N-dealkylation sites (N-methyl/N-ethyl adjacent to an activating group) is 1. The number of benzene rings is 1. The molecule has 3 aromatic heterocycles. The second-order valence-electron chi connectivity index (χ2n) is 12.7. The number of carbonyl (C=O) groups is 6. The first-order chi connectivity index (χ1) is 28.5. The van der Waals surface area contributed by atoms with Crippen LogP contribution in [0.1, 0.15) is 31.7 Å². The van der Waals surface area contributed by atoms with Gasteiger partial charge in [-0.05, 0) is 63.1 Å². The highest BCUT2D eigenvalue weighted by Crippen LogP contribution is 2.37. The van der Waals surface area contributed by atoms with E-state index in [2.05, 4.69) is 41.5 Å². The zero-order valence-electron chi connectivity index (χ0n) is 32.1. The van der Waals surface area contributed by atoms with Crippen molar-refractivity contribution in [3.63, 3.8) is 0 Å². The fourth-order valence-corrected chi connectivity index (χ4v) is 5.86. The molecule has 2 fully saturated rings.